The Balaban J connectivity index is 2.76. The van der Waals surface area contributed by atoms with Crippen LogP contribution >= 0.6 is 0 Å². The second kappa shape index (κ2) is 4.42. The molecule has 2 nitrogen and oxygen atoms in total. The molecule has 0 aliphatic rings. The molecular weight excluding hydrogens is 186 g/mol. The molecule has 0 saturated carbocycles. The van der Waals surface area contributed by atoms with E-state index in [-0.39, 0.29) is 11.3 Å². The highest BCUT2D eigenvalue weighted by Gasteiger charge is 2.05. The van der Waals surface area contributed by atoms with Crippen molar-refractivity contribution < 1.29 is 12.1 Å². The molecule has 0 spiro atoms. The van der Waals surface area contributed by atoms with Gasteiger partial charge in [0, 0.05) is 11.1 Å². The zero-order chi connectivity index (χ0) is 14.9. The lowest BCUT2D eigenvalue weighted by molar-refractivity contribution is 0.319. The van der Waals surface area contributed by atoms with Gasteiger partial charge >= 0.3 is 0 Å². The summed E-state index contributed by atoms with van der Waals surface area (Å²) in [5.74, 6) is 0. The van der Waals surface area contributed by atoms with E-state index < -0.39 is 30.2 Å². The fourth-order valence-electron chi connectivity index (χ4n) is 1.22. The minimum atomic E-state index is -0.478. The molecule has 0 fully saturated rings. The monoisotopic (exact) mass is 202 g/mol. The van der Waals surface area contributed by atoms with Crippen molar-refractivity contribution in [3.05, 3.63) is 71.7 Å². The maximum absolute atomic E-state index is 9.18. The van der Waals surface area contributed by atoms with Crippen LogP contribution in [0, 0.1) is 0 Å². The fraction of sp³-hybridized carbons (Fsp3) is 0. The predicted octanol–water partition coefficient (Wildman–Crippen LogP) is 2.91. The topological polar surface area (TPSA) is 32.6 Å². The Labute approximate surface area is 95.5 Å². The van der Waals surface area contributed by atoms with E-state index in [0.717, 1.165) is 0 Å². The third-order valence-corrected chi connectivity index (χ3v) is 1.88. The maximum Gasteiger partial charge on any atom is 0.117 e. The molecule has 0 aliphatic heterocycles. The highest BCUT2D eigenvalue weighted by Crippen LogP contribution is 2.09. The summed E-state index contributed by atoms with van der Waals surface area (Å²) in [6, 6.07) is 6.25. The Morgan fingerprint density at radius 2 is 1.67 bits per heavy atom. The van der Waals surface area contributed by atoms with Gasteiger partial charge in [0.1, 0.15) is 5.71 Å². The van der Waals surface area contributed by atoms with Crippen LogP contribution in [-0.4, -0.2) is 10.9 Å². The van der Waals surface area contributed by atoms with Crippen LogP contribution < -0.4 is 0 Å². The van der Waals surface area contributed by atoms with Gasteiger partial charge in [0.2, 0.25) is 0 Å². The van der Waals surface area contributed by atoms with Crippen molar-refractivity contribution in [2.45, 2.75) is 0 Å². The summed E-state index contributed by atoms with van der Waals surface area (Å²) in [4.78, 5) is 0. The van der Waals surface area contributed by atoms with E-state index in [1.165, 1.54) is 0 Å². The number of oxime groups is 1. The number of benzene rings is 2. The standard InChI is InChI=1S/C13H11NO/c15-14-13(11-7-3-1-4-8-11)12-9-5-2-6-10-12/h1-10,15H/i1D,3D,4D,7D,8D/b14-13-. The van der Waals surface area contributed by atoms with Crippen molar-refractivity contribution in [1.82, 2.24) is 0 Å². The van der Waals surface area contributed by atoms with Gasteiger partial charge in [-0.1, -0.05) is 65.7 Å². The maximum atomic E-state index is 9.18. The van der Waals surface area contributed by atoms with E-state index >= 15 is 0 Å². The summed E-state index contributed by atoms with van der Waals surface area (Å²) in [6.07, 6.45) is 0. The fourth-order valence-corrected chi connectivity index (χ4v) is 1.22. The zero-order valence-electron chi connectivity index (χ0n) is 12.8. The van der Waals surface area contributed by atoms with E-state index in [2.05, 4.69) is 5.16 Å². The van der Waals surface area contributed by atoms with Crippen molar-refractivity contribution >= 4 is 5.71 Å². The minimum absolute atomic E-state index is 0.0531. The van der Waals surface area contributed by atoms with E-state index in [0.29, 0.717) is 5.56 Å². The zero-order valence-corrected chi connectivity index (χ0v) is 7.78. The van der Waals surface area contributed by atoms with E-state index in [9.17, 15) is 5.21 Å². The molecule has 2 heteroatoms. The van der Waals surface area contributed by atoms with E-state index in [1.807, 2.05) is 0 Å². The molecule has 2 aromatic rings. The third-order valence-electron chi connectivity index (χ3n) is 1.88. The number of hydrogen-bond donors (Lipinski definition) is 1. The molecule has 0 amide bonds. The van der Waals surface area contributed by atoms with Gasteiger partial charge in [-0.3, -0.25) is 0 Å². The van der Waals surface area contributed by atoms with Crippen molar-refractivity contribution in [1.29, 1.82) is 0 Å². The average Bonchev–Trinajstić information content (AvgIpc) is 2.48. The first-order chi connectivity index (χ1) is 9.49. The molecule has 0 heterocycles. The molecule has 0 atom stereocenters. The smallest absolute Gasteiger partial charge is 0.117 e. The molecule has 1 N–H and O–H groups in total. The van der Waals surface area contributed by atoms with Crippen LogP contribution in [-0.2, 0) is 0 Å². The number of rotatable bonds is 2. The Bertz CT molecular complexity index is 656. The van der Waals surface area contributed by atoms with Crippen LogP contribution in [0.1, 0.15) is 18.0 Å². The summed E-state index contributed by atoms with van der Waals surface area (Å²) in [6.45, 7) is 0. The molecule has 2 rings (SSSR count). The molecule has 0 aliphatic carbocycles. The van der Waals surface area contributed by atoms with Crippen molar-refractivity contribution in [3.8, 4) is 0 Å². The van der Waals surface area contributed by atoms with Gasteiger partial charge in [-0.15, -0.1) is 0 Å². The first-order valence-electron chi connectivity index (χ1n) is 6.83. The molecular formula is C13H11NO. The Morgan fingerprint density at radius 1 is 1.00 bits per heavy atom. The van der Waals surface area contributed by atoms with Gasteiger partial charge in [-0.2, -0.15) is 0 Å². The van der Waals surface area contributed by atoms with Crippen molar-refractivity contribution in [2.24, 2.45) is 5.16 Å². The molecule has 2 aromatic carbocycles. The van der Waals surface area contributed by atoms with Crippen LogP contribution in [0.3, 0.4) is 0 Å². The van der Waals surface area contributed by atoms with Crippen LogP contribution in [0.4, 0.5) is 0 Å². The SMILES string of the molecule is [2H]c1c([2H])c([2H])c(/C(=N/O)c2ccccc2)c([2H])c1[2H]. The summed E-state index contributed by atoms with van der Waals surface area (Å²) < 4.78 is 38.5. The second-order valence-corrected chi connectivity index (χ2v) is 2.81. The molecule has 0 aromatic heterocycles. The molecule has 0 radical (unpaired) electrons. The Morgan fingerprint density at radius 3 is 2.27 bits per heavy atom. The van der Waals surface area contributed by atoms with E-state index in [4.69, 9.17) is 6.85 Å². The number of nitrogens with zero attached hydrogens (tertiary/aromatic N) is 1. The molecule has 15 heavy (non-hydrogen) atoms. The average molecular weight is 202 g/mol. The van der Waals surface area contributed by atoms with Crippen LogP contribution in [0.15, 0.2) is 65.7 Å². The highest BCUT2D eigenvalue weighted by molar-refractivity contribution is 6.12. The van der Waals surface area contributed by atoms with Crippen LogP contribution in [0.2, 0.25) is 0 Å². The van der Waals surface area contributed by atoms with Gasteiger partial charge in [0.15, 0.2) is 0 Å². The molecule has 0 bridgehead atoms. The summed E-state index contributed by atoms with van der Waals surface area (Å²) in [7, 11) is 0. The molecule has 0 saturated heterocycles. The Hall–Kier alpha value is -2.09. The van der Waals surface area contributed by atoms with Gasteiger partial charge in [0.25, 0.3) is 0 Å². The number of hydrogen-bond acceptors (Lipinski definition) is 2. The predicted molar refractivity (Wildman–Crippen MR) is 60.3 cm³/mol. The summed E-state index contributed by atoms with van der Waals surface area (Å²) in [5, 5.41) is 12.3. The summed E-state index contributed by atoms with van der Waals surface area (Å²) in [5.41, 5.74) is 0.292. The quantitative estimate of drug-likeness (QED) is 0.453. The highest BCUT2D eigenvalue weighted by atomic mass is 16.4. The first kappa shape index (κ1) is 5.12. The van der Waals surface area contributed by atoms with Gasteiger partial charge < -0.3 is 5.21 Å². The lowest BCUT2D eigenvalue weighted by Crippen LogP contribution is -2.02. The third kappa shape index (κ3) is 2.05. The Kier molecular flexibility index (Phi) is 1.51. The molecule has 74 valence electrons. The largest absolute Gasteiger partial charge is 0.410 e. The second-order valence-electron chi connectivity index (χ2n) is 2.81. The first-order valence-corrected chi connectivity index (χ1v) is 4.33. The summed E-state index contributed by atoms with van der Waals surface area (Å²) >= 11 is 0. The minimum Gasteiger partial charge on any atom is -0.410 e. The lowest BCUT2D eigenvalue weighted by atomic mass is 10.0. The van der Waals surface area contributed by atoms with Gasteiger partial charge in [-0.25, -0.2) is 0 Å². The van der Waals surface area contributed by atoms with Crippen molar-refractivity contribution in [3.63, 3.8) is 0 Å². The van der Waals surface area contributed by atoms with Crippen LogP contribution in [0.25, 0.3) is 0 Å². The van der Waals surface area contributed by atoms with Gasteiger partial charge in [-0.05, 0) is 0 Å². The van der Waals surface area contributed by atoms with Crippen molar-refractivity contribution in [2.75, 3.05) is 0 Å². The van der Waals surface area contributed by atoms with Gasteiger partial charge in [0.05, 0.1) is 6.85 Å². The van der Waals surface area contributed by atoms with Crippen LogP contribution in [0.5, 0.6) is 0 Å². The van der Waals surface area contributed by atoms with E-state index in [1.54, 1.807) is 30.3 Å². The normalized spacial score (nSPS) is 16.0. The lowest BCUT2D eigenvalue weighted by Gasteiger charge is -2.03. The molecule has 0 unspecified atom stereocenters.